The zero-order chi connectivity index (χ0) is 56.5. The van der Waals surface area contributed by atoms with Gasteiger partial charge in [-0.15, -0.1) is 0 Å². The predicted octanol–water partition coefficient (Wildman–Crippen LogP) is 16.7. The highest BCUT2D eigenvalue weighted by Crippen LogP contribution is 2.43. The minimum absolute atomic E-state index is 0.107. The van der Waals surface area contributed by atoms with Gasteiger partial charge in [0.25, 0.3) is 0 Å². The van der Waals surface area contributed by atoms with Crippen LogP contribution >= 0.6 is 0 Å². The lowest BCUT2D eigenvalue weighted by atomic mass is 9.79. The van der Waals surface area contributed by atoms with Crippen LogP contribution in [-0.4, -0.2) is 23.9 Å². The van der Waals surface area contributed by atoms with Crippen LogP contribution in [0.25, 0.3) is 89.1 Å². The third-order valence-corrected chi connectivity index (χ3v) is 12.9. The Balaban J connectivity index is 1.19. The SMILES string of the molecule is [2H]c1c([2H])c([2H])c(-c2cccc(-c3c([2H])c([2H])c([2H])c([2H])c3[2H])c2-c2nc3ccc(Oc4ccc5c6ccccc6n(-c6cc(C(C)(C)C)ccn6)c5c4)cc3c3nc(-c4cc(C(C)(C)C)cc(C(C)(C)C)c4)cn23)c([2H])c1[2H]. The zero-order valence-corrected chi connectivity index (χ0v) is 40.2. The molecule has 0 saturated carbocycles. The molecule has 0 spiro atoms. The summed E-state index contributed by atoms with van der Waals surface area (Å²) in [6.07, 6.45) is 3.70. The summed E-state index contributed by atoms with van der Waals surface area (Å²) >= 11 is 0. The average Bonchev–Trinajstić information content (AvgIpc) is 4.25. The van der Waals surface area contributed by atoms with Crippen molar-refractivity contribution in [2.24, 2.45) is 0 Å². The summed E-state index contributed by atoms with van der Waals surface area (Å²) in [5.74, 6) is 2.00. The summed E-state index contributed by atoms with van der Waals surface area (Å²) in [6, 6.07) is 29.8. The smallest absolute Gasteiger partial charge is 0.148 e. The summed E-state index contributed by atoms with van der Waals surface area (Å²) < 4.78 is 99.6. The molecule has 0 saturated heterocycles. The van der Waals surface area contributed by atoms with Crippen molar-refractivity contribution in [2.45, 2.75) is 78.6 Å². The maximum Gasteiger partial charge on any atom is 0.148 e. The van der Waals surface area contributed by atoms with Gasteiger partial charge >= 0.3 is 0 Å². The van der Waals surface area contributed by atoms with E-state index in [0.29, 0.717) is 33.7 Å². The minimum atomic E-state index is -0.581. The second-order valence-corrected chi connectivity index (χ2v) is 20.7. The third-order valence-electron chi connectivity index (χ3n) is 12.9. The van der Waals surface area contributed by atoms with Crippen molar-refractivity contribution in [1.29, 1.82) is 0 Å². The van der Waals surface area contributed by atoms with Crippen molar-refractivity contribution in [3.05, 3.63) is 199 Å². The highest BCUT2D eigenvalue weighted by Gasteiger charge is 2.25. The molecule has 11 rings (SSSR count). The van der Waals surface area contributed by atoms with Crippen LogP contribution < -0.4 is 4.74 Å². The molecule has 0 radical (unpaired) electrons. The maximum atomic E-state index is 9.22. The summed E-state index contributed by atoms with van der Waals surface area (Å²) in [4.78, 5) is 15.6. The van der Waals surface area contributed by atoms with E-state index in [0.717, 1.165) is 49.9 Å². The Morgan fingerprint density at radius 1 is 0.507 bits per heavy atom. The van der Waals surface area contributed by atoms with E-state index in [-0.39, 0.29) is 49.9 Å². The summed E-state index contributed by atoms with van der Waals surface area (Å²) in [5.41, 5.74) is 7.00. The third kappa shape index (κ3) is 8.04. The number of fused-ring (bicyclic) bond motifs is 6. The van der Waals surface area contributed by atoms with Gasteiger partial charge in [-0.1, -0.05) is 165 Å². The van der Waals surface area contributed by atoms with E-state index in [9.17, 15) is 5.48 Å². The normalized spacial score (nSPS) is 14.4. The van der Waals surface area contributed by atoms with Crippen LogP contribution in [0.2, 0.25) is 0 Å². The fourth-order valence-corrected chi connectivity index (χ4v) is 9.10. The van der Waals surface area contributed by atoms with Gasteiger partial charge in [-0.25, -0.2) is 15.0 Å². The van der Waals surface area contributed by atoms with Crippen LogP contribution in [0.3, 0.4) is 0 Å². The van der Waals surface area contributed by atoms with Gasteiger partial charge < -0.3 is 4.74 Å². The molecular weight excluding hydrogens is 843 g/mol. The van der Waals surface area contributed by atoms with Crippen LogP contribution in [0.15, 0.2) is 182 Å². The molecule has 6 heteroatoms. The van der Waals surface area contributed by atoms with E-state index >= 15 is 0 Å². The number of benzene rings is 7. The standard InChI is InChI=1S/C63H57N5O/c1-61(2,3)43-31-32-64-57(36-43)68-55-26-17-16-23-50(55)51-29-27-47(38-56(51)68)69-46-28-30-53-52(37-46)59-66-54(42-33-44(62(4,5)6)35-45(34-42)63(7,8)9)39-67(59)60(65-53)58-48(40-19-12-10-13-20-40)24-18-25-49(58)41-21-14-11-15-22-41/h10-39H,1-9H3/i10D,11D,12D,13D,14D,15D,19D,20D,21D,22D. The molecule has 0 aliphatic rings. The van der Waals surface area contributed by atoms with E-state index in [4.69, 9.17) is 27.9 Å². The van der Waals surface area contributed by atoms with Gasteiger partial charge in [0.05, 0.1) is 36.0 Å². The van der Waals surface area contributed by atoms with Crippen molar-refractivity contribution >= 4 is 38.4 Å². The van der Waals surface area contributed by atoms with E-state index in [2.05, 4.69) is 109 Å². The van der Waals surface area contributed by atoms with Crippen molar-refractivity contribution in [3.63, 3.8) is 0 Å². The number of imidazole rings is 1. The van der Waals surface area contributed by atoms with Crippen LogP contribution in [0, 0.1) is 0 Å². The van der Waals surface area contributed by atoms with Crippen molar-refractivity contribution < 1.29 is 18.4 Å². The Morgan fingerprint density at radius 2 is 1.12 bits per heavy atom. The van der Waals surface area contributed by atoms with Gasteiger partial charge in [-0.2, -0.15) is 0 Å². The molecule has 6 nitrogen and oxygen atoms in total. The lowest BCUT2D eigenvalue weighted by Gasteiger charge is -2.26. The van der Waals surface area contributed by atoms with Crippen molar-refractivity contribution in [3.8, 4) is 62.2 Å². The fourth-order valence-electron chi connectivity index (χ4n) is 9.10. The highest BCUT2D eigenvalue weighted by atomic mass is 16.5. The molecule has 69 heavy (non-hydrogen) atoms. The summed E-state index contributed by atoms with van der Waals surface area (Å²) in [7, 11) is 0. The van der Waals surface area contributed by atoms with Gasteiger partial charge in [0.1, 0.15) is 28.8 Å². The number of nitrogens with zero attached hydrogens (tertiary/aromatic N) is 5. The first-order valence-electron chi connectivity index (χ1n) is 28.2. The Labute approximate surface area is 419 Å². The number of rotatable bonds is 7. The molecule has 0 unspecified atom stereocenters. The Morgan fingerprint density at radius 3 is 1.77 bits per heavy atom. The van der Waals surface area contributed by atoms with Crippen LogP contribution in [0.4, 0.5) is 0 Å². The van der Waals surface area contributed by atoms with Crippen LogP contribution in [0.1, 0.15) is 92.7 Å². The quantitative estimate of drug-likeness (QED) is 0.160. The molecule has 0 amide bonds. The lowest BCUT2D eigenvalue weighted by Crippen LogP contribution is -2.16. The topological polar surface area (TPSA) is 57.2 Å². The molecule has 340 valence electrons. The zero-order valence-electron chi connectivity index (χ0n) is 50.2. The number of hydrogen-bond donors (Lipinski definition) is 0. The highest BCUT2D eigenvalue weighted by molar-refractivity contribution is 6.09. The number of pyridine rings is 1. The first kappa shape index (κ1) is 33.6. The molecule has 0 fully saturated rings. The van der Waals surface area contributed by atoms with E-state index in [1.807, 2.05) is 48.8 Å². The fraction of sp³-hybridized carbons (Fsp3) is 0.190. The first-order valence-corrected chi connectivity index (χ1v) is 23.2. The molecule has 0 aliphatic heterocycles. The molecular formula is C63H57N5O. The molecule has 7 aromatic carbocycles. The van der Waals surface area contributed by atoms with Gasteiger partial charge in [-0.05, 0) is 116 Å². The van der Waals surface area contributed by atoms with Crippen molar-refractivity contribution in [1.82, 2.24) is 23.9 Å². The van der Waals surface area contributed by atoms with Gasteiger partial charge in [-0.3, -0.25) is 8.97 Å². The number of aromatic nitrogens is 5. The number of hydrogen-bond acceptors (Lipinski definition) is 4. The molecule has 0 N–H and O–H groups in total. The molecule has 0 aliphatic carbocycles. The van der Waals surface area contributed by atoms with Crippen molar-refractivity contribution in [2.75, 3.05) is 0 Å². The predicted molar refractivity (Wildman–Crippen MR) is 287 cm³/mol. The lowest BCUT2D eigenvalue weighted by molar-refractivity contribution is 0.484. The molecule has 0 atom stereocenters. The van der Waals surface area contributed by atoms with Gasteiger partial charge in [0.15, 0.2) is 0 Å². The number of ether oxygens (including phenoxy) is 1. The first-order chi connectivity index (χ1) is 37.2. The second-order valence-electron chi connectivity index (χ2n) is 20.7. The number of para-hydroxylation sites is 1. The van der Waals surface area contributed by atoms with Crippen LogP contribution in [0.5, 0.6) is 11.5 Å². The largest absolute Gasteiger partial charge is 0.457 e. The summed E-state index contributed by atoms with van der Waals surface area (Å²) in [6.45, 7) is 19.5. The Hall–Kier alpha value is -7.83. The average molecular weight is 910 g/mol. The van der Waals surface area contributed by atoms with Gasteiger partial charge in [0, 0.05) is 45.7 Å². The Kier molecular flexibility index (Phi) is 8.01. The molecule has 4 heterocycles. The van der Waals surface area contributed by atoms with E-state index in [1.54, 1.807) is 34.7 Å². The minimum Gasteiger partial charge on any atom is -0.457 e. The molecule has 11 aromatic rings. The monoisotopic (exact) mass is 910 g/mol. The maximum absolute atomic E-state index is 9.22. The van der Waals surface area contributed by atoms with Crippen LogP contribution in [-0.2, 0) is 16.2 Å². The van der Waals surface area contributed by atoms with E-state index in [1.165, 1.54) is 0 Å². The van der Waals surface area contributed by atoms with Gasteiger partial charge in [0.2, 0.25) is 0 Å². The summed E-state index contributed by atoms with van der Waals surface area (Å²) in [5, 5.41) is 2.69. The Bertz CT molecular complexity index is 4190. The van der Waals surface area contributed by atoms with E-state index < -0.39 is 60.4 Å². The molecule has 4 aromatic heterocycles. The second kappa shape index (κ2) is 16.4. The molecule has 0 bridgehead atoms.